The minimum absolute atomic E-state index is 0.280. The predicted molar refractivity (Wildman–Crippen MR) is 65.0 cm³/mol. The monoisotopic (exact) mass is 274 g/mol. The Hall–Kier alpha value is -1.47. The molecule has 0 bridgehead atoms. The van der Waals surface area contributed by atoms with Crippen molar-refractivity contribution < 1.29 is 17.6 Å². The third-order valence-electron chi connectivity index (χ3n) is 2.40. The maximum absolute atomic E-state index is 13.5. The Labute approximate surface area is 105 Å². The van der Waals surface area contributed by atoms with E-state index in [0.29, 0.717) is 6.54 Å². The maximum atomic E-state index is 13.5. The topological polar surface area (TPSA) is 80.5 Å². The summed E-state index contributed by atoms with van der Waals surface area (Å²) in [5, 5.41) is 4.94. The number of sulfonamides is 1. The number of rotatable bonds is 4. The second-order valence-corrected chi connectivity index (χ2v) is 5.47. The lowest BCUT2D eigenvalue weighted by Crippen LogP contribution is -2.28. The molecule has 0 fully saturated rings. The highest BCUT2D eigenvalue weighted by Crippen LogP contribution is 2.15. The number of amides is 1. The molecule has 7 heteroatoms. The Bertz CT molecular complexity index is 557. The molecule has 2 N–H and O–H groups in total. The maximum Gasteiger partial charge on any atom is 0.256 e. The van der Waals surface area contributed by atoms with Crippen molar-refractivity contribution >= 4 is 15.9 Å². The molecule has 100 valence electrons. The molecule has 0 aromatic heterocycles. The molecule has 0 saturated heterocycles. The highest BCUT2D eigenvalue weighted by molar-refractivity contribution is 7.89. The SMILES string of the molecule is CCCN(C)C(=O)c1cc(S(N)(=O)=O)ccc1F. The average Bonchev–Trinajstić information content (AvgIpc) is 2.27. The van der Waals surface area contributed by atoms with Crippen LogP contribution in [0.15, 0.2) is 23.1 Å². The van der Waals surface area contributed by atoms with E-state index in [1.807, 2.05) is 6.92 Å². The van der Waals surface area contributed by atoms with Gasteiger partial charge in [0, 0.05) is 13.6 Å². The summed E-state index contributed by atoms with van der Waals surface area (Å²) >= 11 is 0. The first-order valence-electron chi connectivity index (χ1n) is 5.35. The van der Waals surface area contributed by atoms with Gasteiger partial charge in [-0.3, -0.25) is 4.79 Å². The van der Waals surface area contributed by atoms with Gasteiger partial charge in [-0.25, -0.2) is 17.9 Å². The van der Waals surface area contributed by atoms with E-state index in [0.717, 1.165) is 24.6 Å². The zero-order valence-corrected chi connectivity index (χ0v) is 11.0. The number of benzene rings is 1. The molecule has 0 aliphatic carbocycles. The normalized spacial score (nSPS) is 11.3. The molecule has 1 aromatic carbocycles. The predicted octanol–water partition coefficient (Wildman–Crippen LogP) is 0.955. The van der Waals surface area contributed by atoms with Gasteiger partial charge in [-0.1, -0.05) is 6.92 Å². The van der Waals surface area contributed by atoms with Crippen LogP contribution < -0.4 is 5.14 Å². The molecule has 1 rings (SSSR count). The minimum Gasteiger partial charge on any atom is -0.342 e. The number of hydrogen-bond donors (Lipinski definition) is 1. The first-order valence-corrected chi connectivity index (χ1v) is 6.89. The Morgan fingerprint density at radius 1 is 1.44 bits per heavy atom. The van der Waals surface area contributed by atoms with Gasteiger partial charge in [0.15, 0.2) is 0 Å². The third kappa shape index (κ3) is 3.27. The Morgan fingerprint density at radius 3 is 2.56 bits per heavy atom. The lowest BCUT2D eigenvalue weighted by Gasteiger charge is -2.16. The molecule has 0 aliphatic rings. The van der Waals surface area contributed by atoms with Gasteiger partial charge in [-0.2, -0.15) is 0 Å². The van der Waals surface area contributed by atoms with E-state index < -0.39 is 21.7 Å². The quantitative estimate of drug-likeness (QED) is 0.887. The van der Waals surface area contributed by atoms with Crippen LogP contribution >= 0.6 is 0 Å². The van der Waals surface area contributed by atoms with Gasteiger partial charge in [0.2, 0.25) is 10.0 Å². The van der Waals surface area contributed by atoms with Crippen LogP contribution in [0.5, 0.6) is 0 Å². The Kier molecular flexibility index (Phi) is 4.42. The summed E-state index contributed by atoms with van der Waals surface area (Å²) < 4.78 is 35.8. The summed E-state index contributed by atoms with van der Waals surface area (Å²) in [5.74, 6) is -1.34. The molecule has 0 radical (unpaired) electrons. The molecule has 18 heavy (non-hydrogen) atoms. The van der Waals surface area contributed by atoms with Gasteiger partial charge in [0.25, 0.3) is 5.91 Å². The van der Waals surface area contributed by atoms with Gasteiger partial charge in [0.1, 0.15) is 5.82 Å². The van der Waals surface area contributed by atoms with E-state index in [1.165, 1.54) is 11.9 Å². The minimum atomic E-state index is -3.95. The lowest BCUT2D eigenvalue weighted by molar-refractivity contribution is 0.0790. The summed E-state index contributed by atoms with van der Waals surface area (Å²) in [6.07, 6.45) is 0.721. The van der Waals surface area contributed by atoms with Gasteiger partial charge in [-0.05, 0) is 24.6 Å². The molecule has 0 saturated carbocycles. The van der Waals surface area contributed by atoms with Crippen LogP contribution in [0.3, 0.4) is 0 Å². The smallest absolute Gasteiger partial charge is 0.256 e. The first kappa shape index (κ1) is 14.6. The van der Waals surface area contributed by atoms with Gasteiger partial charge in [0.05, 0.1) is 10.5 Å². The van der Waals surface area contributed by atoms with Crippen molar-refractivity contribution in [1.82, 2.24) is 4.90 Å². The van der Waals surface area contributed by atoms with E-state index in [2.05, 4.69) is 0 Å². The number of nitrogens with zero attached hydrogens (tertiary/aromatic N) is 1. The van der Waals surface area contributed by atoms with Gasteiger partial charge in [-0.15, -0.1) is 0 Å². The third-order valence-corrected chi connectivity index (χ3v) is 3.31. The number of hydrogen-bond acceptors (Lipinski definition) is 3. The summed E-state index contributed by atoms with van der Waals surface area (Å²) in [5.41, 5.74) is -0.294. The van der Waals surface area contributed by atoms with Gasteiger partial charge >= 0.3 is 0 Å². The zero-order chi connectivity index (χ0) is 13.9. The van der Waals surface area contributed by atoms with Crippen LogP contribution in [0.25, 0.3) is 0 Å². The number of primary sulfonamides is 1. The summed E-state index contributed by atoms with van der Waals surface area (Å²) in [7, 11) is -2.43. The zero-order valence-electron chi connectivity index (χ0n) is 10.2. The molecule has 0 aliphatic heterocycles. The summed E-state index contributed by atoms with van der Waals surface area (Å²) in [4.78, 5) is 12.9. The number of carbonyl (C=O) groups is 1. The van der Waals surface area contributed by atoms with Crippen molar-refractivity contribution in [3.8, 4) is 0 Å². The van der Waals surface area contributed by atoms with Crippen LogP contribution in [-0.2, 0) is 10.0 Å². The fourth-order valence-corrected chi connectivity index (χ4v) is 2.03. The number of carbonyl (C=O) groups excluding carboxylic acids is 1. The average molecular weight is 274 g/mol. The Balaban J connectivity index is 3.20. The highest BCUT2D eigenvalue weighted by Gasteiger charge is 2.19. The number of nitrogens with two attached hydrogens (primary N) is 1. The van der Waals surface area contributed by atoms with Crippen molar-refractivity contribution in [2.75, 3.05) is 13.6 Å². The molecule has 0 spiro atoms. The lowest BCUT2D eigenvalue weighted by atomic mass is 10.2. The summed E-state index contributed by atoms with van der Waals surface area (Å²) in [6, 6.07) is 2.91. The van der Waals surface area contributed by atoms with Gasteiger partial charge < -0.3 is 4.90 Å². The van der Waals surface area contributed by atoms with E-state index >= 15 is 0 Å². The second kappa shape index (κ2) is 5.45. The van der Waals surface area contributed by atoms with Crippen LogP contribution in [-0.4, -0.2) is 32.8 Å². The van der Waals surface area contributed by atoms with Crippen molar-refractivity contribution in [2.24, 2.45) is 5.14 Å². The molecule has 0 heterocycles. The molecule has 1 aromatic rings. The fourth-order valence-electron chi connectivity index (χ4n) is 1.49. The van der Waals surface area contributed by atoms with E-state index in [1.54, 1.807) is 0 Å². The molecular formula is C11H15FN2O3S. The second-order valence-electron chi connectivity index (χ2n) is 3.91. The van der Waals surface area contributed by atoms with Crippen molar-refractivity contribution in [2.45, 2.75) is 18.2 Å². The molecule has 5 nitrogen and oxygen atoms in total. The van der Waals surface area contributed by atoms with Crippen molar-refractivity contribution in [1.29, 1.82) is 0 Å². The van der Waals surface area contributed by atoms with Crippen LogP contribution in [0.4, 0.5) is 4.39 Å². The first-order chi connectivity index (χ1) is 8.27. The molecule has 1 amide bonds. The van der Waals surface area contributed by atoms with Crippen molar-refractivity contribution in [3.63, 3.8) is 0 Å². The molecular weight excluding hydrogens is 259 g/mol. The largest absolute Gasteiger partial charge is 0.342 e. The van der Waals surface area contributed by atoms with E-state index in [-0.39, 0.29) is 10.5 Å². The summed E-state index contributed by atoms with van der Waals surface area (Å²) in [6.45, 7) is 2.33. The van der Waals surface area contributed by atoms with E-state index in [9.17, 15) is 17.6 Å². The van der Waals surface area contributed by atoms with Crippen LogP contribution in [0, 0.1) is 5.82 Å². The van der Waals surface area contributed by atoms with Crippen LogP contribution in [0.2, 0.25) is 0 Å². The molecule has 0 atom stereocenters. The number of halogens is 1. The van der Waals surface area contributed by atoms with Crippen LogP contribution in [0.1, 0.15) is 23.7 Å². The highest BCUT2D eigenvalue weighted by atomic mass is 32.2. The Morgan fingerprint density at radius 2 is 2.06 bits per heavy atom. The standard InChI is InChI=1S/C11H15FN2O3S/c1-3-6-14(2)11(15)9-7-8(18(13,16)17)4-5-10(9)12/h4-5,7H,3,6H2,1-2H3,(H2,13,16,17). The molecule has 0 unspecified atom stereocenters. The van der Waals surface area contributed by atoms with Crippen molar-refractivity contribution in [3.05, 3.63) is 29.6 Å². The van der Waals surface area contributed by atoms with E-state index in [4.69, 9.17) is 5.14 Å². The fraction of sp³-hybridized carbons (Fsp3) is 0.364.